The van der Waals surface area contributed by atoms with Crippen molar-refractivity contribution in [3.05, 3.63) is 48.0 Å². The number of nitrogens with zero attached hydrogens (tertiary/aromatic N) is 4. The van der Waals surface area contributed by atoms with E-state index in [4.69, 9.17) is 11.6 Å². The van der Waals surface area contributed by atoms with E-state index in [9.17, 15) is 0 Å². The highest BCUT2D eigenvalue weighted by atomic mass is 35.5. The lowest BCUT2D eigenvalue weighted by Gasteiger charge is -2.08. The zero-order valence-electron chi connectivity index (χ0n) is 11.1. The van der Waals surface area contributed by atoms with E-state index in [-0.39, 0.29) is 0 Å². The Labute approximate surface area is 126 Å². The molecule has 0 saturated heterocycles. The van der Waals surface area contributed by atoms with Crippen molar-refractivity contribution >= 4 is 34.3 Å². The number of nitrogens with one attached hydrogen (secondary N) is 2. The van der Waals surface area contributed by atoms with Crippen LogP contribution in [0.5, 0.6) is 0 Å². The molecule has 3 aromatic rings. The van der Waals surface area contributed by atoms with E-state index < -0.39 is 0 Å². The Kier molecular flexibility index (Phi) is 4.07. The third-order valence-corrected chi connectivity index (χ3v) is 3.06. The van der Waals surface area contributed by atoms with E-state index in [1.807, 2.05) is 24.3 Å². The van der Waals surface area contributed by atoms with Crippen LogP contribution in [0.3, 0.4) is 0 Å². The molecule has 21 heavy (non-hydrogen) atoms. The average molecular weight is 301 g/mol. The zero-order chi connectivity index (χ0) is 14.5. The first-order chi connectivity index (χ1) is 10.3. The van der Waals surface area contributed by atoms with Gasteiger partial charge in [-0.3, -0.25) is 0 Å². The smallest absolute Gasteiger partial charge is 0.222 e. The van der Waals surface area contributed by atoms with Gasteiger partial charge in [-0.15, -0.1) is 0 Å². The normalized spacial score (nSPS) is 10.5. The summed E-state index contributed by atoms with van der Waals surface area (Å²) < 4.78 is 0. The molecule has 0 aliphatic carbocycles. The van der Waals surface area contributed by atoms with Crippen LogP contribution in [0, 0.1) is 0 Å². The molecular formula is C14H13ClN6. The standard InChI is InChI=1S/C14H13ClN6/c15-10-7-18-14(19-8-10)17-6-5-16-13-11-3-1-2-4-12(11)20-9-21-13/h1-4,7-9H,5-6H2,(H,16,20,21)(H,17,18,19). The van der Waals surface area contributed by atoms with E-state index in [0.29, 0.717) is 24.1 Å². The molecule has 0 atom stereocenters. The van der Waals surface area contributed by atoms with Crippen LogP contribution < -0.4 is 10.6 Å². The van der Waals surface area contributed by atoms with Crippen LogP contribution >= 0.6 is 11.6 Å². The zero-order valence-corrected chi connectivity index (χ0v) is 11.9. The minimum absolute atomic E-state index is 0.520. The number of rotatable bonds is 5. The number of benzene rings is 1. The predicted molar refractivity (Wildman–Crippen MR) is 83.6 cm³/mol. The summed E-state index contributed by atoms with van der Waals surface area (Å²) >= 11 is 5.73. The van der Waals surface area contributed by atoms with E-state index in [1.54, 1.807) is 18.7 Å². The Morgan fingerprint density at radius 2 is 1.67 bits per heavy atom. The molecule has 0 amide bonds. The van der Waals surface area contributed by atoms with Gasteiger partial charge in [0.05, 0.1) is 22.9 Å². The maximum atomic E-state index is 5.73. The van der Waals surface area contributed by atoms with Crippen molar-refractivity contribution in [2.75, 3.05) is 23.7 Å². The SMILES string of the molecule is Clc1cnc(NCCNc2ncnc3ccccc23)nc1. The Balaban J connectivity index is 1.58. The third-order valence-electron chi connectivity index (χ3n) is 2.86. The molecule has 2 aromatic heterocycles. The number of hydrogen-bond donors (Lipinski definition) is 2. The van der Waals surface area contributed by atoms with Gasteiger partial charge in [-0.25, -0.2) is 19.9 Å². The van der Waals surface area contributed by atoms with Crippen molar-refractivity contribution in [3.63, 3.8) is 0 Å². The maximum Gasteiger partial charge on any atom is 0.222 e. The van der Waals surface area contributed by atoms with E-state index in [2.05, 4.69) is 30.6 Å². The van der Waals surface area contributed by atoms with E-state index in [0.717, 1.165) is 16.7 Å². The van der Waals surface area contributed by atoms with Crippen LogP contribution in [-0.4, -0.2) is 33.0 Å². The summed E-state index contributed by atoms with van der Waals surface area (Å²) in [6, 6.07) is 7.88. The molecule has 106 valence electrons. The third kappa shape index (κ3) is 3.35. The number of halogens is 1. The highest BCUT2D eigenvalue weighted by molar-refractivity contribution is 6.30. The van der Waals surface area contributed by atoms with Gasteiger partial charge in [0, 0.05) is 18.5 Å². The van der Waals surface area contributed by atoms with Crippen LogP contribution in [0.1, 0.15) is 0 Å². The van der Waals surface area contributed by atoms with E-state index in [1.165, 1.54) is 0 Å². The van der Waals surface area contributed by atoms with Crippen LogP contribution in [-0.2, 0) is 0 Å². The Bertz CT molecular complexity index is 726. The van der Waals surface area contributed by atoms with Crippen LogP contribution in [0.15, 0.2) is 43.0 Å². The first kappa shape index (κ1) is 13.5. The highest BCUT2D eigenvalue weighted by Crippen LogP contribution is 2.17. The van der Waals surface area contributed by atoms with Crippen molar-refractivity contribution < 1.29 is 0 Å². The lowest BCUT2D eigenvalue weighted by atomic mass is 10.2. The lowest BCUT2D eigenvalue weighted by molar-refractivity contribution is 1.02. The van der Waals surface area contributed by atoms with Crippen molar-refractivity contribution in [2.45, 2.75) is 0 Å². The summed E-state index contributed by atoms with van der Waals surface area (Å²) in [5, 5.41) is 7.90. The van der Waals surface area contributed by atoms with E-state index >= 15 is 0 Å². The van der Waals surface area contributed by atoms with Crippen molar-refractivity contribution in [1.29, 1.82) is 0 Å². The molecule has 1 aromatic carbocycles. The lowest BCUT2D eigenvalue weighted by Crippen LogP contribution is -2.15. The van der Waals surface area contributed by atoms with Crippen LogP contribution in [0.4, 0.5) is 11.8 Å². The summed E-state index contributed by atoms with van der Waals surface area (Å²) in [5.74, 6) is 1.37. The monoisotopic (exact) mass is 300 g/mol. The number of para-hydroxylation sites is 1. The fourth-order valence-corrected chi connectivity index (χ4v) is 2.00. The molecule has 0 saturated carbocycles. The number of anilines is 2. The average Bonchev–Trinajstić information content (AvgIpc) is 2.53. The van der Waals surface area contributed by atoms with Gasteiger partial charge in [-0.1, -0.05) is 23.7 Å². The Hall–Kier alpha value is -2.47. The molecule has 0 aliphatic heterocycles. The fourth-order valence-electron chi connectivity index (χ4n) is 1.90. The summed E-state index contributed by atoms with van der Waals surface area (Å²) in [6.07, 6.45) is 4.67. The second kappa shape index (κ2) is 6.32. The first-order valence-corrected chi connectivity index (χ1v) is 6.86. The molecule has 0 fully saturated rings. The number of hydrogen-bond acceptors (Lipinski definition) is 6. The molecule has 0 unspecified atom stereocenters. The summed E-state index contributed by atoms with van der Waals surface area (Å²) in [5.41, 5.74) is 0.920. The molecule has 7 heteroatoms. The van der Waals surface area contributed by atoms with Crippen molar-refractivity contribution in [2.24, 2.45) is 0 Å². The Morgan fingerprint density at radius 1 is 0.905 bits per heavy atom. The predicted octanol–water partition coefficient (Wildman–Crippen LogP) is 2.60. The number of aromatic nitrogens is 4. The maximum absolute atomic E-state index is 5.73. The highest BCUT2D eigenvalue weighted by Gasteiger charge is 2.02. The summed E-state index contributed by atoms with van der Waals surface area (Å²) in [6.45, 7) is 1.35. The molecule has 0 bridgehead atoms. The second-order valence-corrected chi connectivity index (χ2v) is 4.75. The van der Waals surface area contributed by atoms with Crippen molar-refractivity contribution in [1.82, 2.24) is 19.9 Å². The molecule has 0 spiro atoms. The van der Waals surface area contributed by atoms with Gasteiger partial charge < -0.3 is 10.6 Å². The summed E-state index contributed by atoms with van der Waals surface area (Å²) in [4.78, 5) is 16.6. The Morgan fingerprint density at radius 3 is 2.52 bits per heavy atom. The van der Waals surface area contributed by atoms with Gasteiger partial charge in [-0.05, 0) is 12.1 Å². The van der Waals surface area contributed by atoms with Crippen LogP contribution in [0.25, 0.3) is 10.9 Å². The molecule has 2 N–H and O–H groups in total. The number of fused-ring (bicyclic) bond motifs is 1. The molecule has 0 radical (unpaired) electrons. The van der Waals surface area contributed by atoms with Gasteiger partial charge in [0.2, 0.25) is 5.95 Å². The van der Waals surface area contributed by atoms with Crippen LogP contribution in [0.2, 0.25) is 5.02 Å². The van der Waals surface area contributed by atoms with Gasteiger partial charge in [0.15, 0.2) is 0 Å². The van der Waals surface area contributed by atoms with Gasteiger partial charge in [0.1, 0.15) is 12.1 Å². The van der Waals surface area contributed by atoms with Gasteiger partial charge in [-0.2, -0.15) is 0 Å². The van der Waals surface area contributed by atoms with Gasteiger partial charge >= 0.3 is 0 Å². The quantitative estimate of drug-likeness (QED) is 0.705. The second-order valence-electron chi connectivity index (χ2n) is 4.32. The minimum Gasteiger partial charge on any atom is -0.368 e. The first-order valence-electron chi connectivity index (χ1n) is 6.48. The fraction of sp³-hybridized carbons (Fsp3) is 0.143. The minimum atomic E-state index is 0.520. The molecule has 2 heterocycles. The summed E-state index contributed by atoms with van der Waals surface area (Å²) in [7, 11) is 0. The molecule has 6 nitrogen and oxygen atoms in total. The largest absolute Gasteiger partial charge is 0.368 e. The van der Waals surface area contributed by atoms with Crippen molar-refractivity contribution in [3.8, 4) is 0 Å². The molecular weight excluding hydrogens is 288 g/mol. The van der Waals surface area contributed by atoms with Gasteiger partial charge in [0.25, 0.3) is 0 Å². The topological polar surface area (TPSA) is 75.6 Å². The molecule has 0 aliphatic rings. The molecule has 3 rings (SSSR count).